The molecule has 12 nitrogen and oxygen atoms in total. The second-order valence-corrected chi connectivity index (χ2v) is 7.10. The van der Waals surface area contributed by atoms with E-state index in [-0.39, 0.29) is 13.0 Å². The van der Waals surface area contributed by atoms with Crippen LogP contribution < -0.4 is 5.32 Å². The van der Waals surface area contributed by atoms with Gasteiger partial charge in [-0.15, -0.1) is 0 Å². The molecule has 174 valence electrons. The van der Waals surface area contributed by atoms with Gasteiger partial charge in [-0.3, -0.25) is 28.8 Å². The lowest BCUT2D eigenvalue weighted by atomic mass is 9.76. The molecule has 1 aliphatic rings. The van der Waals surface area contributed by atoms with Crippen LogP contribution in [0.25, 0.3) is 0 Å². The van der Waals surface area contributed by atoms with Crippen molar-refractivity contribution in [3.05, 3.63) is 0 Å². The summed E-state index contributed by atoms with van der Waals surface area (Å²) in [6, 6.07) is 0. The molecule has 0 unspecified atom stereocenters. The fourth-order valence-electron chi connectivity index (χ4n) is 3.46. The van der Waals surface area contributed by atoms with Gasteiger partial charge in [-0.1, -0.05) is 0 Å². The molecule has 0 bridgehead atoms. The summed E-state index contributed by atoms with van der Waals surface area (Å²) in [5, 5.41) is 2.47. The molecule has 0 aromatic rings. The van der Waals surface area contributed by atoms with Gasteiger partial charge >= 0.3 is 29.8 Å². The summed E-state index contributed by atoms with van der Waals surface area (Å²) >= 11 is 0. The lowest BCUT2D eigenvalue weighted by Gasteiger charge is -2.50. The highest BCUT2D eigenvalue weighted by atomic mass is 16.6. The molecule has 0 radical (unpaired) electrons. The molecule has 1 N–H and O–H groups in total. The molecule has 0 spiro atoms. The number of ether oxygens (including phenoxy) is 5. The fourth-order valence-corrected chi connectivity index (χ4v) is 3.46. The smallest absolute Gasteiger partial charge is 0.303 e. The van der Waals surface area contributed by atoms with Crippen molar-refractivity contribution in [3.63, 3.8) is 0 Å². The van der Waals surface area contributed by atoms with Gasteiger partial charge in [-0.05, 0) is 0 Å². The number of hydrogen-bond donors (Lipinski definition) is 1. The lowest BCUT2D eigenvalue weighted by Crippen LogP contribution is -2.70. The Morgan fingerprint density at radius 3 is 1.61 bits per heavy atom. The Balaban J connectivity index is 3.68. The average molecular weight is 445 g/mol. The summed E-state index contributed by atoms with van der Waals surface area (Å²) in [7, 11) is 0. The maximum absolute atomic E-state index is 11.9. The average Bonchev–Trinajstić information content (AvgIpc) is 2.57. The lowest BCUT2D eigenvalue weighted by molar-refractivity contribution is -0.253. The maximum atomic E-state index is 11.9. The molecule has 0 aromatic carbocycles. The summed E-state index contributed by atoms with van der Waals surface area (Å²) in [6.07, 6.45) is -5.99. The van der Waals surface area contributed by atoms with Crippen molar-refractivity contribution < 1.29 is 52.5 Å². The zero-order chi connectivity index (χ0) is 23.9. The van der Waals surface area contributed by atoms with E-state index in [1.807, 2.05) is 0 Å². The van der Waals surface area contributed by atoms with Gasteiger partial charge < -0.3 is 29.0 Å². The topological polar surface area (TPSA) is 161 Å². The van der Waals surface area contributed by atoms with Crippen molar-refractivity contribution in [2.24, 2.45) is 0 Å². The Labute approximate surface area is 178 Å². The summed E-state index contributed by atoms with van der Waals surface area (Å²) in [5.41, 5.74) is -1.81. The van der Waals surface area contributed by atoms with Crippen LogP contribution in [0.4, 0.5) is 0 Å². The number of hydrogen-bond acceptors (Lipinski definition) is 11. The molecule has 0 heterocycles. The molecule has 1 aliphatic carbocycles. The summed E-state index contributed by atoms with van der Waals surface area (Å²) < 4.78 is 26.6. The van der Waals surface area contributed by atoms with Crippen LogP contribution in [0.15, 0.2) is 0 Å². The Morgan fingerprint density at radius 2 is 1.19 bits per heavy atom. The minimum atomic E-state index is -1.81. The van der Waals surface area contributed by atoms with E-state index in [1.165, 1.54) is 6.92 Å². The normalized spacial score (nSPS) is 27.3. The highest BCUT2D eigenvalue weighted by Gasteiger charge is 2.61. The van der Waals surface area contributed by atoms with Gasteiger partial charge in [0.2, 0.25) is 5.91 Å². The molecular formula is C19H27NO11. The first-order valence-corrected chi connectivity index (χ1v) is 9.40. The minimum Gasteiger partial charge on any atom is -0.458 e. The molecule has 0 aromatic heterocycles. The number of nitrogens with one attached hydrogen (secondary N) is 1. The van der Waals surface area contributed by atoms with Crippen LogP contribution in [0.1, 0.15) is 48.0 Å². The number of carbonyl (C=O) groups is 6. The molecule has 5 atom stereocenters. The monoisotopic (exact) mass is 445 g/mol. The quantitative estimate of drug-likeness (QED) is 0.399. The van der Waals surface area contributed by atoms with Gasteiger partial charge in [0.15, 0.2) is 23.9 Å². The Hall–Kier alpha value is -3.18. The molecule has 31 heavy (non-hydrogen) atoms. The van der Waals surface area contributed by atoms with E-state index in [1.54, 1.807) is 0 Å². The van der Waals surface area contributed by atoms with E-state index in [0.717, 1.165) is 34.6 Å². The largest absolute Gasteiger partial charge is 0.458 e. The van der Waals surface area contributed by atoms with Crippen LogP contribution in [-0.4, -0.2) is 72.3 Å². The second-order valence-electron chi connectivity index (χ2n) is 7.10. The highest BCUT2D eigenvalue weighted by Crippen LogP contribution is 2.39. The third-order valence-electron chi connectivity index (χ3n) is 4.25. The Morgan fingerprint density at radius 1 is 0.710 bits per heavy atom. The van der Waals surface area contributed by atoms with Crippen molar-refractivity contribution >= 4 is 35.8 Å². The first-order valence-electron chi connectivity index (χ1n) is 9.40. The third kappa shape index (κ3) is 7.54. The van der Waals surface area contributed by atoms with Crippen LogP contribution in [0.5, 0.6) is 0 Å². The summed E-state index contributed by atoms with van der Waals surface area (Å²) in [4.78, 5) is 70.6. The van der Waals surface area contributed by atoms with E-state index in [2.05, 4.69) is 5.32 Å². The van der Waals surface area contributed by atoms with Crippen LogP contribution in [0.3, 0.4) is 0 Å². The van der Waals surface area contributed by atoms with E-state index < -0.39 is 65.8 Å². The third-order valence-corrected chi connectivity index (χ3v) is 4.25. The van der Waals surface area contributed by atoms with Crippen LogP contribution >= 0.6 is 0 Å². The summed E-state index contributed by atoms with van der Waals surface area (Å²) in [6.45, 7) is 6.24. The fraction of sp³-hybridized carbons (Fsp3) is 0.684. The maximum Gasteiger partial charge on any atom is 0.303 e. The zero-order valence-electron chi connectivity index (χ0n) is 18.2. The number of esters is 5. The molecular weight excluding hydrogens is 418 g/mol. The van der Waals surface area contributed by atoms with Crippen LogP contribution in [-0.2, 0) is 52.5 Å². The Bertz CT molecular complexity index is 749. The zero-order valence-corrected chi connectivity index (χ0v) is 18.2. The minimum absolute atomic E-state index is 0.333. The standard InChI is InChI=1S/C19H27NO11/c1-9(21)20-8-19(31-14(6)26)7-15(27-10(2)22)16(28-11(3)23)17(29-12(4)24)18(19)30-13(5)25/h15-18H,7-8H2,1-6H3,(H,20,21)/t15-,16+,17-,18-,19+/m1/s1. The molecule has 0 aliphatic heterocycles. The first kappa shape index (κ1) is 25.9. The first-order chi connectivity index (χ1) is 14.3. The van der Waals surface area contributed by atoms with Crippen molar-refractivity contribution in [1.82, 2.24) is 5.32 Å². The van der Waals surface area contributed by atoms with E-state index >= 15 is 0 Å². The predicted molar refractivity (Wildman–Crippen MR) is 100 cm³/mol. The summed E-state index contributed by atoms with van der Waals surface area (Å²) in [5.74, 6) is -4.51. The van der Waals surface area contributed by atoms with Gasteiger partial charge in [0.05, 0.1) is 6.54 Å². The van der Waals surface area contributed by atoms with Crippen LogP contribution in [0, 0.1) is 0 Å². The molecule has 12 heteroatoms. The molecule has 0 saturated heterocycles. The number of carbonyl (C=O) groups excluding carboxylic acids is 6. The van der Waals surface area contributed by atoms with E-state index in [4.69, 9.17) is 23.7 Å². The molecule has 1 fully saturated rings. The van der Waals surface area contributed by atoms with E-state index in [9.17, 15) is 28.8 Å². The predicted octanol–water partition coefficient (Wildman–Crippen LogP) is -0.445. The highest BCUT2D eigenvalue weighted by molar-refractivity contribution is 5.73. The van der Waals surface area contributed by atoms with Crippen molar-refractivity contribution in [3.8, 4) is 0 Å². The molecule has 1 saturated carbocycles. The van der Waals surface area contributed by atoms with Crippen molar-refractivity contribution in [2.75, 3.05) is 6.54 Å². The van der Waals surface area contributed by atoms with Gasteiger partial charge in [0.1, 0.15) is 6.10 Å². The van der Waals surface area contributed by atoms with Gasteiger partial charge in [0, 0.05) is 48.0 Å². The van der Waals surface area contributed by atoms with Gasteiger partial charge in [0.25, 0.3) is 0 Å². The SMILES string of the molecule is CC(=O)NC[C@@]1(OC(C)=O)C[C@@H](OC(C)=O)[C@H](OC(C)=O)[C@@H](OC(C)=O)[C@H]1OC(C)=O. The Kier molecular flexibility index (Phi) is 8.95. The molecule has 1 rings (SSSR count). The number of rotatable bonds is 7. The van der Waals surface area contributed by atoms with Crippen molar-refractivity contribution in [2.45, 2.75) is 78.0 Å². The van der Waals surface area contributed by atoms with Gasteiger partial charge in [-0.25, -0.2) is 0 Å². The van der Waals surface area contributed by atoms with Crippen molar-refractivity contribution in [1.29, 1.82) is 0 Å². The molecule has 1 amide bonds. The second kappa shape index (κ2) is 10.7. The van der Waals surface area contributed by atoms with Gasteiger partial charge in [-0.2, -0.15) is 0 Å². The van der Waals surface area contributed by atoms with Crippen LogP contribution in [0.2, 0.25) is 0 Å². The number of amides is 1. The van der Waals surface area contributed by atoms with E-state index in [0.29, 0.717) is 0 Å².